The van der Waals surface area contributed by atoms with Crippen LogP contribution in [-0.2, 0) is 9.53 Å². The van der Waals surface area contributed by atoms with Crippen LogP contribution in [0.25, 0.3) is 0 Å². The highest BCUT2D eigenvalue weighted by Gasteiger charge is 2.31. The van der Waals surface area contributed by atoms with E-state index in [1.54, 1.807) is 12.0 Å². The smallest absolute Gasteiger partial charge is 0.409 e. The highest BCUT2D eigenvalue weighted by Crippen LogP contribution is 2.33. The van der Waals surface area contributed by atoms with Crippen LogP contribution in [0.3, 0.4) is 0 Å². The first-order valence-electron chi connectivity index (χ1n) is 8.04. The highest BCUT2D eigenvalue weighted by atomic mass is 16.6. The Labute approximate surface area is 136 Å². The zero-order valence-electron chi connectivity index (χ0n) is 13.4. The van der Waals surface area contributed by atoms with Crippen molar-refractivity contribution in [3.05, 3.63) is 29.8 Å². The quantitative estimate of drug-likeness (QED) is 0.835. The molecule has 2 aliphatic rings. The van der Waals surface area contributed by atoms with Gasteiger partial charge in [0.2, 0.25) is 5.91 Å². The van der Waals surface area contributed by atoms with Crippen molar-refractivity contribution in [3.8, 4) is 5.75 Å². The van der Waals surface area contributed by atoms with Crippen LogP contribution < -0.4 is 4.74 Å². The van der Waals surface area contributed by atoms with E-state index in [4.69, 9.17) is 9.47 Å². The van der Waals surface area contributed by atoms with Gasteiger partial charge in [-0.15, -0.1) is 0 Å². The Bertz CT molecular complexity index is 572. The van der Waals surface area contributed by atoms with Crippen molar-refractivity contribution < 1.29 is 19.1 Å². The van der Waals surface area contributed by atoms with Crippen molar-refractivity contribution in [2.75, 3.05) is 33.4 Å². The molecule has 0 aliphatic carbocycles. The third kappa shape index (κ3) is 3.41. The van der Waals surface area contributed by atoms with E-state index in [2.05, 4.69) is 0 Å². The lowest BCUT2D eigenvalue weighted by Gasteiger charge is -2.26. The second kappa shape index (κ2) is 6.89. The number of carbonyl (C=O) groups is 2. The first kappa shape index (κ1) is 15.6. The number of benzene rings is 1. The van der Waals surface area contributed by atoms with Gasteiger partial charge in [0.05, 0.1) is 19.7 Å². The maximum atomic E-state index is 12.5. The van der Waals surface area contributed by atoms with Crippen LogP contribution in [0.5, 0.6) is 5.75 Å². The SMILES string of the molecule is COc1ccc(C2CCCN2C(=O)CCN2CCOC2=O)cc1. The fourth-order valence-corrected chi connectivity index (χ4v) is 3.24. The van der Waals surface area contributed by atoms with Gasteiger partial charge in [-0.2, -0.15) is 0 Å². The van der Waals surface area contributed by atoms with Gasteiger partial charge in [0.15, 0.2) is 0 Å². The number of methoxy groups -OCH3 is 1. The average molecular weight is 318 g/mol. The molecule has 2 aliphatic heterocycles. The molecule has 0 radical (unpaired) electrons. The van der Waals surface area contributed by atoms with Crippen LogP contribution in [0.2, 0.25) is 0 Å². The van der Waals surface area contributed by atoms with Gasteiger partial charge in [-0.1, -0.05) is 12.1 Å². The Morgan fingerprint density at radius 2 is 2.09 bits per heavy atom. The van der Waals surface area contributed by atoms with Crippen LogP contribution >= 0.6 is 0 Å². The summed E-state index contributed by atoms with van der Waals surface area (Å²) in [5.74, 6) is 0.917. The molecule has 0 bridgehead atoms. The molecule has 2 fully saturated rings. The van der Waals surface area contributed by atoms with Crippen molar-refractivity contribution in [2.45, 2.75) is 25.3 Å². The number of nitrogens with zero attached hydrogens (tertiary/aromatic N) is 2. The fraction of sp³-hybridized carbons (Fsp3) is 0.529. The van der Waals surface area contributed by atoms with Gasteiger partial charge in [0.25, 0.3) is 0 Å². The van der Waals surface area contributed by atoms with E-state index in [0.29, 0.717) is 26.1 Å². The summed E-state index contributed by atoms with van der Waals surface area (Å²) in [5, 5.41) is 0. The predicted octanol–water partition coefficient (Wildman–Crippen LogP) is 2.20. The number of hydrogen-bond acceptors (Lipinski definition) is 4. The van der Waals surface area contributed by atoms with Crippen LogP contribution in [0.1, 0.15) is 30.9 Å². The van der Waals surface area contributed by atoms with Gasteiger partial charge in [0, 0.05) is 19.5 Å². The van der Waals surface area contributed by atoms with Crippen molar-refractivity contribution >= 4 is 12.0 Å². The number of amides is 2. The van der Waals surface area contributed by atoms with E-state index in [-0.39, 0.29) is 18.0 Å². The van der Waals surface area contributed by atoms with Gasteiger partial charge in [-0.05, 0) is 30.5 Å². The zero-order valence-corrected chi connectivity index (χ0v) is 13.4. The van der Waals surface area contributed by atoms with Crippen molar-refractivity contribution in [3.63, 3.8) is 0 Å². The second-order valence-corrected chi connectivity index (χ2v) is 5.87. The molecular formula is C17H22N2O4. The lowest BCUT2D eigenvalue weighted by Crippen LogP contribution is -2.34. The van der Waals surface area contributed by atoms with E-state index < -0.39 is 0 Å². The molecule has 1 unspecified atom stereocenters. The van der Waals surface area contributed by atoms with Crippen molar-refractivity contribution in [2.24, 2.45) is 0 Å². The maximum Gasteiger partial charge on any atom is 0.409 e. The molecule has 1 aromatic rings. The molecular weight excluding hydrogens is 296 g/mol. The summed E-state index contributed by atoms with van der Waals surface area (Å²) in [6.45, 7) is 2.21. The van der Waals surface area contributed by atoms with Crippen molar-refractivity contribution in [1.29, 1.82) is 0 Å². The van der Waals surface area contributed by atoms with E-state index in [1.165, 1.54) is 0 Å². The van der Waals surface area contributed by atoms with Crippen LogP contribution in [0, 0.1) is 0 Å². The molecule has 1 aromatic carbocycles. The number of likely N-dealkylation sites (tertiary alicyclic amines) is 1. The summed E-state index contributed by atoms with van der Waals surface area (Å²) in [6.07, 6.45) is 2.02. The third-order valence-electron chi connectivity index (χ3n) is 4.51. The maximum absolute atomic E-state index is 12.5. The lowest BCUT2D eigenvalue weighted by atomic mass is 10.0. The molecule has 124 valence electrons. The van der Waals surface area contributed by atoms with Crippen LogP contribution in [0.15, 0.2) is 24.3 Å². The highest BCUT2D eigenvalue weighted by molar-refractivity contribution is 5.78. The Morgan fingerprint density at radius 3 is 2.74 bits per heavy atom. The minimum absolute atomic E-state index is 0.100. The van der Waals surface area contributed by atoms with Gasteiger partial charge < -0.3 is 19.3 Å². The average Bonchev–Trinajstić information content (AvgIpc) is 3.22. The molecule has 0 aromatic heterocycles. The van der Waals surface area contributed by atoms with E-state index >= 15 is 0 Å². The first-order chi connectivity index (χ1) is 11.2. The topological polar surface area (TPSA) is 59.1 Å². The standard InChI is InChI=1S/C17H22N2O4/c1-22-14-6-4-13(5-7-14)15-3-2-9-19(15)16(20)8-10-18-11-12-23-17(18)21/h4-7,15H,2-3,8-12H2,1H3. The number of carbonyl (C=O) groups excluding carboxylic acids is 2. The Hall–Kier alpha value is -2.24. The van der Waals surface area contributed by atoms with Gasteiger partial charge >= 0.3 is 6.09 Å². The number of ether oxygens (including phenoxy) is 2. The molecule has 0 spiro atoms. The van der Waals surface area contributed by atoms with Crippen molar-refractivity contribution in [1.82, 2.24) is 9.80 Å². The van der Waals surface area contributed by atoms with Gasteiger partial charge in [0.1, 0.15) is 12.4 Å². The summed E-state index contributed by atoms with van der Waals surface area (Å²) in [7, 11) is 1.64. The third-order valence-corrected chi connectivity index (χ3v) is 4.51. The van der Waals surface area contributed by atoms with E-state index in [9.17, 15) is 9.59 Å². The molecule has 6 heteroatoms. The predicted molar refractivity (Wildman–Crippen MR) is 84.2 cm³/mol. The number of cyclic esters (lactones) is 1. The summed E-state index contributed by atoms with van der Waals surface area (Å²) in [4.78, 5) is 27.5. The number of hydrogen-bond donors (Lipinski definition) is 0. The Kier molecular flexibility index (Phi) is 4.69. The van der Waals surface area contributed by atoms with Gasteiger partial charge in [-0.25, -0.2) is 4.79 Å². The monoisotopic (exact) mass is 318 g/mol. The Balaban J connectivity index is 1.61. The largest absolute Gasteiger partial charge is 0.497 e. The van der Waals surface area contributed by atoms with E-state index in [0.717, 1.165) is 30.7 Å². The zero-order chi connectivity index (χ0) is 16.2. The molecule has 2 heterocycles. The minimum Gasteiger partial charge on any atom is -0.497 e. The first-order valence-corrected chi connectivity index (χ1v) is 8.04. The minimum atomic E-state index is -0.314. The molecule has 23 heavy (non-hydrogen) atoms. The molecule has 2 saturated heterocycles. The lowest BCUT2D eigenvalue weighted by molar-refractivity contribution is -0.132. The fourth-order valence-electron chi connectivity index (χ4n) is 3.24. The molecule has 6 nitrogen and oxygen atoms in total. The van der Waals surface area contributed by atoms with Crippen LogP contribution in [-0.4, -0.2) is 55.2 Å². The number of rotatable bonds is 5. The van der Waals surface area contributed by atoms with Gasteiger partial charge in [-0.3, -0.25) is 4.79 Å². The summed E-state index contributed by atoms with van der Waals surface area (Å²) in [5.41, 5.74) is 1.14. The summed E-state index contributed by atoms with van der Waals surface area (Å²) in [6, 6.07) is 8.02. The molecule has 3 rings (SSSR count). The molecule has 1 atom stereocenters. The normalized spacial score (nSPS) is 20.7. The van der Waals surface area contributed by atoms with E-state index in [1.807, 2.05) is 29.2 Å². The summed E-state index contributed by atoms with van der Waals surface area (Å²) < 4.78 is 10.1. The Morgan fingerprint density at radius 1 is 1.30 bits per heavy atom. The molecule has 0 N–H and O–H groups in total. The molecule has 2 amide bonds. The second-order valence-electron chi connectivity index (χ2n) is 5.87. The molecule has 0 saturated carbocycles. The van der Waals surface area contributed by atoms with Crippen LogP contribution in [0.4, 0.5) is 4.79 Å². The summed E-state index contributed by atoms with van der Waals surface area (Å²) >= 11 is 0.